The molecule has 1 aliphatic heterocycles. The quantitative estimate of drug-likeness (QED) is 0.780. The highest BCUT2D eigenvalue weighted by molar-refractivity contribution is 5.62. The number of rotatable bonds is 2. The molecule has 4 nitrogen and oxygen atoms in total. The fourth-order valence-electron chi connectivity index (χ4n) is 2.49. The van der Waals surface area contributed by atoms with E-state index in [1.165, 1.54) is 5.56 Å². The summed E-state index contributed by atoms with van der Waals surface area (Å²) in [6.45, 7) is 3.37. The molecule has 1 aromatic carbocycles. The first-order valence-corrected chi connectivity index (χ1v) is 6.77. The van der Waals surface area contributed by atoms with Crippen LogP contribution in [0.15, 0.2) is 47.2 Å². The second-order valence-electron chi connectivity index (χ2n) is 5.39. The normalized spacial score (nSPS) is 15.8. The summed E-state index contributed by atoms with van der Waals surface area (Å²) in [5, 5.41) is 18.3. The minimum absolute atomic E-state index is 0.207. The number of nitriles is 2. The Morgan fingerprint density at radius 1 is 1.24 bits per heavy atom. The van der Waals surface area contributed by atoms with E-state index in [0.29, 0.717) is 13.1 Å². The second kappa shape index (κ2) is 6.15. The van der Waals surface area contributed by atoms with Gasteiger partial charge in [0.1, 0.15) is 17.7 Å². The first-order chi connectivity index (χ1) is 10.0. The van der Waals surface area contributed by atoms with Crippen molar-refractivity contribution in [3.63, 3.8) is 0 Å². The van der Waals surface area contributed by atoms with Crippen molar-refractivity contribution >= 4 is 5.69 Å². The summed E-state index contributed by atoms with van der Waals surface area (Å²) in [4.78, 5) is 4.13. The van der Waals surface area contributed by atoms with Gasteiger partial charge in [0.15, 0.2) is 0 Å². The van der Waals surface area contributed by atoms with Gasteiger partial charge in [-0.05, 0) is 30.2 Å². The molecule has 4 heteroatoms. The first-order valence-electron chi connectivity index (χ1n) is 6.77. The molecule has 0 bridgehead atoms. The molecule has 0 saturated carbocycles. The molecule has 1 heterocycles. The first kappa shape index (κ1) is 14.7. The maximum absolute atomic E-state index is 9.15. The molecule has 0 N–H and O–H groups in total. The Kier molecular flexibility index (Phi) is 4.30. The maximum atomic E-state index is 9.15. The summed E-state index contributed by atoms with van der Waals surface area (Å²) >= 11 is 0. The minimum Gasteiger partial charge on any atom is -0.383 e. The van der Waals surface area contributed by atoms with Crippen molar-refractivity contribution in [3.05, 3.63) is 52.7 Å². The van der Waals surface area contributed by atoms with E-state index in [1.54, 1.807) is 0 Å². The fourth-order valence-corrected chi connectivity index (χ4v) is 2.49. The number of benzene rings is 1. The van der Waals surface area contributed by atoms with E-state index in [4.69, 9.17) is 10.5 Å². The molecule has 1 aromatic rings. The molecule has 0 aromatic heterocycles. The highest BCUT2D eigenvalue weighted by Crippen LogP contribution is 2.29. The van der Waals surface area contributed by atoms with Gasteiger partial charge in [-0.2, -0.15) is 10.5 Å². The van der Waals surface area contributed by atoms with E-state index in [2.05, 4.69) is 30.0 Å². The molecule has 0 radical (unpaired) electrons. The fraction of sp³-hybridized carbons (Fsp3) is 0.294. The monoisotopic (exact) mass is 278 g/mol. The van der Waals surface area contributed by atoms with Crippen LogP contribution in [0.25, 0.3) is 0 Å². The molecule has 0 spiro atoms. The molecule has 1 fully saturated rings. The highest BCUT2D eigenvalue weighted by Gasteiger charge is 2.25. The van der Waals surface area contributed by atoms with Gasteiger partial charge in [0.05, 0.1) is 0 Å². The summed E-state index contributed by atoms with van der Waals surface area (Å²) in [6.07, 6.45) is 1.99. The standard InChI is InChI=1S/C17H18N4/c1-13-5-4-6-16(7-13)21-11-15(10-20(2)3)17(12-21)14(8-18)9-19/h4-7,10H,11-12H2,1-3H3/b15-10-. The molecule has 21 heavy (non-hydrogen) atoms. The average Bonchev–Trinajstić information content (AvgIpc) is 2.83. The van der Waals surface area contributed by atoms with Crippen LogP contribution in [0.4, 0.5) is 5.69 Å². The van der Waals surface area contributed by atoms with E-state index >= 15 is 0 Å². The Hall–Kier alpha value is -2.72. The van der Waals surface area contributed by atoms with Crippen LogP contribution >= 0.6 is 0 Å². The predicted octanol–water partition coefficient (Wildman–Crippen LogP) is 2.60. The zero-order valence-corrected chi connectivity index (χ0v) is 12.6. The van der Waals surface area contributed by atoms with Gasteiger partial charge < -0.3 is 9.80 Å². The van der Waals surface area contributed by atoms with Crippen LogP contribution in [-0.2, 0) is 0 Å². The van der Waals surface area contributed by atoms with Crippen LogP contribution < -0.4 is 4.90 Å². The van der Waals surface area contributed by atoms with Crippen molar-refractivity contribution in [2.24, 2.45) is 0 Å². The lowest BCUT2D eigenvalue weighted by atomic mass is 10.1. The Bertz CT molecular complexity index is 667. The second-order valence-corrected chi connectivity index (χ2v) is 5.39. The number of anilines is 1. The molecular formula is C17H18N4. The molecule has 1 saturated heterocycles. The summed E-state index contributed by atoms with van der Waals surface area (Å²) < 4.78 is 0. The van der Waals surface area contributed by atoms with Gasteiger partial charge in [-0.25, -0.2) is 0 Å². The summed E-state index contributed by atoms with van der Waals surface area (Å²) in [6, 6.07) is 12.3. The Morgan fingerprint density at radius 3 is 2.52 bits per heavy atom. The number of nitrogens with zero attached hydrogens (tertiary/aromatic N) is 4. The van der Waals surface area contributed by atoms with Gasteiger partial charge in [-0.3, -0.25) is 0 Å². The zero-order valence-electron chi connectivity index (χ0n) is 12.6. The van der Waals surface area contributed by atoms with E-state index in [1.807, 2.05) is 43.4 Å². The van der Waals surface area contributed by atoms with Crippen LogP contribution in [-0.4, -0.2) is 32.1 Å². The van der Waals surface area contributed by atoms with Crippen molar-refractivity contribution < 1.29 is 0 Å². The van der Waals surface area contributed by atoms with Crippen LogP contribution in [0, 0.1) is 29.6 Å². The van der Waals surface area contributed by atoms with Crippen molar-refractivity contribution in [2.45, 2.75) is 6.92 Å². The maximum Gasteiger partial charge on any atom is 0.135 e. The summed E-state index contributed by atoms with van der Waals surface area (Å²) in [7, 11) is 3.89. The van der Waals surface area contributed by atoms with Crippen LogP contribution in [0.5, 0.6) is 0 Å². The molecule has 1 aliphatic rings. The van der Waals surface area contributed by atoms with E-state index in [-0.39, 0.29) is 5.57 Å². The lowest BCUT2D eigenvalue weighted by Gasteiger charge is -2.17. The molecule has 106 valence electrons. The number of allylic oxidation sites excluding steroid dienone is 1. The lowest BCUT2D eigenvalue weighted by molar-refractivity contribution is 0.559. The number of aryl methyl sites for hydroxylation is 1. The smallest absolute Gasteiger partial charge is 0.135 e. The van der Waals surface area contributed by atoms with E-state index in [9.17, 15) is 0 Å². The average molecular weight is 278 g/mol. The lowest BCUT2D eigenvalue weighted by Crippen LogP contribution is -2.18. The Morgan fingerprint density at radius 2 is 1.95 bits per heavy atom. The molecule has 2 rings (SSSR count). The highest BCUT2D eigenvalue weighted by atomic mass is 15.2. The largest absolute Gasteiger partial charge is 0.383 e. The van der Waals surface area contributed by atoms with Crippen LogP contribution in [0.2, 0.25) is 0 Å². The van der Waals surface area contributed by atoms with Gasteiger partial charge in [0.2, 0.25) is 0 Å². The number of hydrogen-bond acceptors (Lipinski definition) is 4. The predicted molar refractivity (Wildman–Crippen MR) is 83.4 cm³/mol. The minimum atomic E-state index is 0.207. The van der Waals surface area contributed by atoms with Crippen molar-refractivity contribution in [2.75, 3.05) is 32.1 Å². The van der Waals surface area contributed by atoms with Crippen LogP contribution in [0.3, 0.4) is 0 Å². The summed E-state index contributed by atoms with van der Waals surface area (Å²) in [5.41, 5.74) is 4.38. The van der Waals surface area contributed by atoms with E-state index in [0.717, 1.165) is 16.8 Å². The zero-order chi connectivity index (χ0) is 15.4. The van der Waals surface area contributed by atoms with Gasteiger partial charge in [0.25, 0.3) is 0 Å². The third-order valence-corrected chi connectivity index (χ3v) is 3.40. The molecule has 0 aliphatic carbocycles. The van der Waals surface area contributed by atoms with Gasteiger partial charge in [0, 0.05) is 44.6 Å². The molecule has 0 unspecified atom stereocenters. The SMILES string of the molecule is Cc1cccc(N2CC(=C(C#N)C#N)/C(=C\N(C)C)C2)c1. The van der Waals surface area contributed by atoms with Crippen molar-refractivity contribution in [3.8, 4) is 12.1 Å². The molecule has 0 amide bonds. The summed E-state index contributed by atoms with van der Waals surface area (Å²) in [5.74, 6) is 0. The topological polar surface area (TPSA) is 54.1 Å². The Labute approximate surface area is 125 Å². The molecule has 0 atom stereocenters. The third-order valence-electron chi connectivity index (χ3n) is 3.40. The van der Waals surface area contributed by atoms with E-state index < -0.39 is 0 Å². The van der Waals surface area contributed by atoms with Crippen LogP contribution in [0.1, 0.15) is 5.56 Å². The van der Waals surface area contributed by atoms with Gasteiger partial charge in [-0.1, -0.05) is 12.1 Å². The van der Waals surface area contributed by atoms with Crippen molar-refractivity contribution in [1.29, 1.82) is 10.5 Å². The number of hydrogen-bond donors (Lipinski definition) is 0. The third kappa shape index (κ3) is 3.24. The van der Waals surface area contributed by atoms with Gasteiger partial charge in [-0.15, -0.1) is 0 Å². The van der Waals surface area contributed by atoms with Crippen molar-refractivity contribution in [1.82, 2.24) is 4.90 Å². The van der Waals surface area contributed by atoms with Gasteiger partial charge >= 0.3 is 0 Å². The molecular weight excluding hydrogens is 260 g/mol. The Balaban J connectivity index is 2.43.